The average molecular weight is 252 g/mol. The van der Waals surface area contributed by atoms with Crippen molar-refractivity contribution < 1.29 is 23.1 Å². The largest absolute Gasteiger partial charge is 0.406 e. The number of halogens is 3. The molecular formula is C8H11F3N4O2. The second-order valence-corrected chi connectivity index (χ2v) is 3.31. The number of amides is 1. The number of H-pyrrole nitrogens is 1. The summed E-state index contributed by atoms with van der Waals surface area (Å²) in [5.41, 5.74) is 0. The Morgan fingerprint density at radius 2 is 2.18 bits per heavy atom. The normalized spacial score (nSPS) is 11.6. The Kier molecular flexibility index (Phi) is 4.05. The molecule has 0 radical (unpaired) electrons. The number of alkyl halides is 3. The highest BCUT2D eigenvalue weighted by molar-refractivity contribution is 5.90. The highest BCUT2D eigenvalue weighted by atomic mass is 19.4. The van der Waals surface area contributed by atoms with Crippen molar-refractivity contribution in [1.82, 2.24) is 20.1 Å². The van der Waals surface area contributed by atoms with Crippen molar-refractivity contribution >= 4 is 5.91 Å². The molecule has 0 bridgehead atoms. The number of hydrogen-bond acceptors (Lipinski definition) is 4. The molecule has 9 heteroatoms. The van der Waals surface area contributed by atoms with Gasteiger partial charge in [0.1, 0.15) is 12.4 Å². The molecule has 96 valence electrons. The molecule has 0 fully saturated rings. The third-order valence-corrected chi connectivity index (χ3v) is 1.82. The first-order chi connectivity index (χ1) is 7.83. The van der Waals surface area contributed by atoms with Crippen molar-refractivity contribution in [2.75, 3.05) is 19.7 Å². The fourth-order valence-electron chi connectivity index (χ4n) is 1.17. The monoisotopic (exact) mass is 252 g/mol. The summed E-state index contributed by atoms with van der Waals surface area (Å²) < 4.78 is 36.6. The number of aromatic nitrogens is 3. The fourth-order valence-corrected chi connectivity index (χ4v) is 1.17. The Labute approximate surface area is 94.5 Å². The molecule has 0 saturated heterocycles. The zero-order chi connectivity index (χ0) is 13.1. The molecule has 1 amide bonds. The summed E-state index contributed by atoms with van der Waals surface area (Å²) >= 11 is 0. The van der Waals surface area contributed by atoms with E-state index in [-0.39, 0.29) is 5.82 Å². The minimum Gasteiger partial charge on any atom is -0.395 e. The molecule has 0 unspecified atom stereocenters. The van der Waals surface area contributed by atoms with Crippen LogP contribution in [-0.2, 0) is 0 Å². The smallest absolute Gasteiger partial charge is 0.395 e. The van der Waals surface area contributed by atoms with Crippen LogP contribution in [0, 0.1) is 6.92 Å². The van der Waals surface area contributed by atoms with Gasteiger partial charge in [0.25, 0.3) is 5.91 Å². The van der Waals surface area contributed by atoms with Crippen LogP contribution in [0.3, 0.4) is 0 Å². The summed E-state index contributed by atoms with van der Waals surface area (Å²) in [5.74, 6) is -0.995. The van der Waals surface area contributed by atoms with Crippen LogP contribution < -0.4 is 0 Å². The van der Waals surface area contributed by atoms with Gasteiger partial charge < -0.3 is 10.0 Å². The van der Waals surface area contributed by atoms with Crippen LogP contribution in [0.2, 0.25) is 0 Å². The number of nitrogens with zero attached hydrogens (tertiary/aromatic N) is 3. The van der Waals surface area contributed by atoms with Crippen molar-refractivity contribution in [2.24, 2.45) is 0 Å². The SMILES string of the molecule is Cc1nc(C(=O)N(CCO)CC(F)(F)F)n[nH]1. The van der Waals surface area contributed by atoms with Crippen LogP contribution in [0.4, 0.5) is 13.2 Å². The molecule has 0 aromatic carbocycles. The van der Waals surface area contributed by atoms with Gasteiger partial charge in [-0.15, -0.1) is 5.10 Å². The number of aryl methyl sites for hydroxylation is 1. The Morgan fingerprint density at radius 1 is 1.53 bits per heavy atom. The molecule has 0 spiro atoms. The lowest BCUT2D eigenvalue weighted by Crippen LogP contribution is -2.41. The number of aromatic amines is 1. The highest BCUT2D eigenvalue weighted by Gasteiger charge is 2.34. The van der Waals surface area contributed by atoms with E-state index < -0.39 is 31.8 Å². The number of nitrogens with one attached hydrogen (secondary N) is 1. The summed E-state index contributed by atoms with van der Waals surface area (Å²) in [6.45, 7) is -0.916. The van der Waals surface area contributed by atoms with Gasteiger partial charge in [0, 0.05) is 6.54 Å². The Bertz CT molecular complexity index is 390. The van der Waals surface area contributed by atoms with Crippen LogP contribution >= 0.6 is 0 Å². The van der Waals surface area contributed by atoms with E-state index in [1.54, 1.807) is 0 Å². The Morgan fingerprint density at radius 3 is 2.59 bits per heavy atom. The van der Waals surface area contributed by atoms with Gasteiger partial charge in [0.05, 0.1) is 6.61 Å². The molecular weight excluding hydrogens is 241 g/mol. The topological polar surface area (TPSA) is 82.1 Å². The number of rotatable bonds is 4. The Balaban J connectivity index is 2.80. The van der Waals surface area contributed by atoms with Crippen LogP contribution in [0.1, 0.15) is 16.4 Å². The van der Waals surface area contributed by atoms with E-state index in [4.69, 9.17) is 5.11 Å². The number of carbonyl (C=O) groups excluding carboxylic acids is 1. The van der Waals surface area contributed by atoms with Crippen molar-refractivity contribution in [2.45, 2.75) is 13.1 Å². The molecule has 2 N–H and O–H groups in total. The van der Waals surface area contributed by atoms with E-state index in [1.807, 2.05) is 0 Å². The first-order valence-electron chi connectivity index (χ1n) is 4.69. The van der Waals surface area contributed by atoms with E-state index in [2.05, 4.69) is 15.2 Å². The molecule has 0 aliphatic rings. The average Bonchev–Trinajstić information content (AvgIpc) is 2.61. The van der Waals surface area contributed by atoms with Crippen LogP contribution in [-0.4, -0.2) is 57.0 Å². The zero-order valence-corrected chi connectivity index (χ0v) is 8.95. The number of aliphatic hydroxyl groups is 1. The van der Waals surface area contributed by atoms with Crippen LogP contribution in [0.5, 0.6) is 0 Å². The molecule has 0 aliphatic heterocycles. The molecule has 1 rings (SSSR count). The van der Waals surface area contributed by atoms with E-state index in [9.17, 15) is 18.0 Å². The molecule has 6 nitrogen and oxygen atoms in total. The molecule has 17 heavy (non-hydrogen) atoms. The Hall–Kier alpha value is -1.64. The molecule has 0 atom stereocenters. The van der Waals surface area contributed by atoms with Crippen molar-refractivity contribution in [1.29, 1.82) is 0 Å². The summed E-state index contributed by atoms with van der Waals surface area (Å²) in [4.78, 5) is 15.7. The maximum Gasteiger partial charge on any atom is 0.406 e. The molecule has 0 saturated carbocycles. The minimum atomic E-state index is -4.53. The third-order valence-electron chi connectivity index (χ3n) is 1.82. The van der Waals surface area contributed by atoms with E-state index >= 15 is 0 Å². The fraction of sp³-hybridized carbons (Fsp3) is 0.625. The zero-order valence-electron chi connectivity index (χ0n) is 8.95. The van der Waals surface area contributed by atoms with Gasteiger partial charge in [0.15, 0.2) is 0 Å². The second-order valence-electron chi connectivity index (χ2n) is 3.31. The van der Waals surface area contributed by atoms with Gasteiger partial charge in [-0.25, -0.2) is 4.98 Å². The van der Waals surface area contributed by atoms with Gasteiger partial charge in [-0.3, -0.25) is 9.89 Å². The molecule has 0 aliphatic carbocycles. The number of hydrogen-bond donors (Lipinski definition) is 2. The molecule has 1 aromatic rings. The predicted molar refractivity (Wildman–Crippen MR) is 50.2 cm³/mol. The van der Waals surface area contributed by atoms with Crippen molar-refractivity contribution in [3.05, 3.63) is 11.6 Å². The molecule has 1 aromatic heterocycles. The van der Waals surface area contributed by atoms with E-state index in [0.29, 0.717) is 10.7 Å². The quantitative estimate of drug-likeness (QED) is 0.796. The van der Waals surface area contributed by atoms with Crippen molar-refractivity contribution in [3.8, 4) is 0 Å². The van der Waals surface area contributed by atoms with Crippen molar-refractivity contribution in [3.63, 3.8) is 0 Å². The lowest BCUT2D eigenvalue weighted by atomic mass is 10.4. The molecule has 1 heterocycles. The standard InChI is InChI=1S/C8H11F3N4O2/c1-5-12-6(14-13-5)7(17)15(2-3-16)4-8(9,10)11/h16H,2-4H2,1H3,(H,12,13,14). The van der Waals surface area contributed by atoms with Gasteiger partial charge in [-0.2, -0.15) is 13.2 Å². The second kappa shape index (κ2) is 5.13. The van der Waals surface area contributed by atoms with Crippen LogP contribution in [0.15, 0.2) is 0 Å². The lowest BCUT2D eigenvalue weighted by Gasteiger charge is -2.21. The van der Waals surface area contributed by atoms with E-state index in [0.717, 1.165) is 0 Å². The van der Waals surface area contributed by atoms with Gasteiger partial charge in [-0.05, 0) is 6.92 Å². The van der Waals surface area contributed by atoms with Crippen LogP contribution in [0.25, 0.3) is 0 Å². The van der Waals surface area contributed by atoms with Gasteiger partial charge >= 0.3 is 6.18 Å². The lowest BCUT2D eigenvalue weighted by molar-refractivity contribution is -0.141. The summed E-state index contributed by atoms with van der Waals surface area (Å²) in [6.07, 6.45) is -4.53. The van der Waals surface area contributed by atoms with Gasteiger partial charge in [0.2, 0.25) is 5.82 Å². The van der Waals surface area contributed by atoms with Gasteiger partial charge in [-0.1, -0.05) is 0 Å². The first kappa shape index (κ1) is 13.4. The number of carbonyl (C=O) groups is 1. The maximum atomic E-state index is 12.2. The predicted octanol–water partition coefficient (Wildman–Crippen LogP) is 0.110. The highest BCUT2D eigenvalue weighted by Crippen LogP contribution is 2.17. The maximum absolute atomic E-state index is 12.2. The summed E-state index contributed by atoms with van der Waals surface area (Å²) in [5, 5.41) is 14.5. The summed E-state index contributed by atoms with van der Waals surface area (Å²) in [7, 11) is 0. The third kappa shape index (κ3) is 4.02. The summed E-state index contributed by atoms with van der Waals surface area (Å²) in [6, 6.07) is 0. The van der Waals surface area contributed by atoms with E-state index in [1.165, 1.54) is 6.92 Å². The number of aliphatic hydroxyl groups excluding tert-OH is 1. The minimum absolute atomic E-state index is 0.323. The first-order valence-corrected chi connectivity index (χ1v) is 4.69.